The van der Waals surface area contributed by atoms with Crippen LogP contribution in [0.1, 0.15) is 0 Å². The van der Waals surface area contributed by atoms with Crippen molar-refractivity contribution in [2.24, 2.45) is 0 Å². The van der Waals surface area contributed by atoms with Gasteiger partial charge in [0.2, 0.25) is 5.88 Å². The Morgan fingerprint density at radius 3 is 2.52 bits per heavy atom. The first kappa shape index (κ1) is 15.4. The fraction of sp³-hybridized carbons (Fsp3) is 0. The van der Waals surface area contributed by atoms with Crippen LogP contribution in [0.4, 0.5) is 16.0 Å². The van der Waals surface area contributed by atoms with E-state index in [1.54, 1.807) is 24.7 Å². The zero-order chi connectivity index (χ0) is 17.6. The number of halogens is 2. The van der Waals surface area contributed by atoms with Crippen molar-refractivity contribution in [2.45, 2.75) is 0 Å². The molecule has 4 rings (SSSR count). The van der Waals surface area contributed by atoms with Crippen molar-refractivity contribution in [3.63, 3.8) is 0 Å². The summed E-state index contributed by atoms with van der Waals surface area (Å²) in [4.78, 5) is 8.49. The van der Waals surface area contributed by atoms with Crippen LogP contribution in [0.25, 0.3) is 33.4 Å². The highest BCUT2D eigenvalue weighted by Crippen LogP contribution is 2.42. The van der Waals surface area contributed by atoms with Gasteiger partial charge in [-0.3, -0.25) is 9.97 Å². The Labute approximate surface area is 147 Å². The largest absolute Gasteiger partial charge is 0.436 e. The molecule has 0 aliphatic heterocycles. The third kappa shape index (κ3) is 2.47. The number of benzene rings is 1. The van der Waals surface area contributed by atoms with Gasteiger partial charge in [0.25, 0.3) is 0 Å². The minimum atomic E-state index is -0.497. The van der Waals surface area contributed by atoms with Gasteiger partial charge in [-0.1, -0.05) is 17.7 Å². The number of pyridine rings is 2. The van der Waals surface area contributed by atoms with Crippen LogP contribution in [0, 0.1) is 5.82 Å². The van der Waals surface area contributed by atoms with Crippen LogP contribution < -0.4 is 11.5 Å². The number of nitrogens with two attached hydrogens (primary N) is 2. The molecule has 0 bridgehead atoms. The summed E-state index contributed by atoms with van der Waals surface area (Å²) in [5, 5.41) is 0.626. The highest BCUT2D eigenvalue weighted by atomic mass is 35.5. The quantitative estimate of drug-likeness (QED) is 0.552. The molecule has 124 valence electrons. The van der Waals surface area contributed by atoms with Gasteiger partial charge in [0.15, 0.2) is 5.58 Å². The van der Waals surface area contributed by atoms with Crippen LogP contribution in [0.5, 0.6) is 0 Å². The first-order valence-corrected chi connectivity index (χ1v) is 7.76. The lowest BCUT2D eigenvalue weighted by atomic mass is 10.0. The number of nitrogen functional groups attached to an aromatic ring is 2. The minimum absolute atomic E-state index is 0.0129. The number of hydrogen-bond donors (Lipinski definition) is 2. The maximum Gasteiger partial charge on any atom is 0.215 e. The predicted octanol–water partition coefficient (Wildman–Crippen LogP) is 4.51. The second kappa shape index (κ2) is 5.75. The van der Waals surface area contributed by atoms with Crippen molar-refractivity contribution in [3.05, 3.63) is 59.8 Å². The molecule has 0 aliphatic rings. The van der Waals surface area contributed by atoms with E-state index in [2.05, 4.69) is 9.97 Å². The number of hydrogen-bond acceptors (Lipinski definition) is 5. The molecule has 3 heterocycles. The second-order valence-corrected chi connectivity index (χ2v) is 5.88. The molecule has 25 heavy (non-hydrogen) atoms. The zero-order valence-corrected chi connectivity index (χ0v) is 13.6. The van der Waals surface area contributed by atoms with Crippen molar-refractivity contribution in [1.29, 1.82) is 0 Å². The molecule has 4 aromatic rings. The summed E-state index contributed by atoms with van der Waals surface area (Å²) in [6.07, 6.45) is 4.96. The van der Waals surface area contributed by atoms with Crippen LogP contribution >= 0.6 is 11.6 Å². The highest BCUT2D eigenvalue weighted by molar-refractivity contribution is 6.31. The van der Waals surface area contributed by atoms with Crippen LogP contribution in [0.3, 0.4) is 0 Å². The summed E-state index contributed by atoms with van der Waals surface area (Å²) in [5.74, 6) is -0.393. The van der Waals surface area contributed by atoms with Gasteiger partial charge in [0, 0.05) is 29.7 Å². The minimum Gasteiger partial charge on any atom is -0.436 e. The summed E-state index contributed by atoms with van der Waals surface area (Å²) in [6, 6.07) is 8.03. The van der Waals surface area contributed by atoms with E-state index in [0.717, 1.165) is 5.56 Å². The van der Waals surface area contributed by atoms with E-state index in [-0.39, 0.29) is 10.9 Å². The Bertz CT molecular complexity index is 1100. The van der Waals surface area contributed by atoms with Gasteiger partial charge >= 0.3 is 0 Å². The topological polar surface area (TPSA) is 91.0 Å². The lowest BCUT2D eigenvalue weighted by Crippen LogP contribution is -1.92. The molecule has 0 unspecified atom stereocenters. The van der Waals surface area contributed by atoms with Crippen molar-refractivity contribution >= 4 is 34.1 Å². The summed E-state index contributed by atoms with van der Waals surface area (Å²) in [7, 11) is 0. The average Bonchev–Trinajstić information content (AvgIpc) is 2.93. The van der Waals surface area contributed by atoms with Gasteiger partial charge in [-0.2, -0.15) is 0 Å². The standard InChI is InChI=1S/C18H12ClFN4O/c19-12-7-10(1-2-13(12)20)11-8-24-16(9-3-5-23-6-4-9)17-14(11)15(21)18(22)25-17/h1-8H,21-22H2. The number of rotatable bonds is 2. The smallest absolute Gasteiger partial charge is 0.215 e. The van der Waals surface area contributed by atoms with Crippen LogP contribution in [0.2, 0.25) is 5.02 Å². The molecule has 0 spiro atoms. The molecule has 0 amide bonds. The molecule has 0 atom stereocenters. The van der Waals surface area contributed by atoms with E-state index in [0.29, 0.717) is 33.5 Å². The molecule has 7 heteroatoms. The third-order valence-corrected chi connectivity index (χ3v) is 4.26. The maximum atomic E-state index is 13.5. The monoisotopic (exact) mass is 354 g/mol. The van der Waals surface area contributed by atoms with Gasteiger partial charge in [-0.05, 0) is 29.8 Å². The van der Waals surface area contributed by atoms with E-state index >= 15 is 0 Å². The summed E-state index contributed by atoms with van der Waals surface area (Å²) >= 11 is 5.91. The second-order valence-electron chi connectivity index (χ2n) is 5.47. The number of aromatic nitrogens is 2. The van der Waals surface area contributed by atoms with E-state index in [9.17, 15) is 4.39 Å². The number of furan rings is 1. The molecule has 1 aromatic carbocycles. The molecule has 0 aliphatic carbocycles. The normalized spacial score (nSPS) is 11.1. The molecule has 5 nitrogen and oxygen atoms in total. The van der Waals surface area contributed by atoms with Gasteiger partial charge in [0.05, 0.1) is 10.4 Å². The Hall–Kier alpha value is -3.12. The maximum absolute atomic E-state index is 13.5. The van der Waals surface area contributed by atoms with Crippen LogP contribution in [0.15, 0.2) is 53.3 Å². The van der Waals surface area contributed by atoms with Crippen LogP contribution in [-0.2, 0) is 0 Å². The van der Waals surface area contributed by atoms with Crippen molar-refractivity contribution in [3.8, 4) is 22.4 Å². The summed E-state index contributed by atoms with van der Waals surface area (Å²) < 4.78 is 19.1. The predicted molar refractivity (Wildman–Crippen MR) is 96.5 cm³/mol. The van der Waals surface area contributed by atoms with Gasteiger partial charge in [-0.25, -0.2) is 4.39 Å². The Morgan fingerprint density at radius 1 is 1.04 bits per heavy atom. The Morgan fingerprint density at radius 2 is 1.80 bits per heavy atom. The number of fused-ring (bicyclic) bond motifs is 1. The average molecular weight is 355 g/mol. The van der Waals surface area contributed by atoms with E-state index in [1.165, 1.54) is 12.1 Å². The van der Waals surface area contributed by atoms with Gasteiger partial charge in [-0.15, -0.1) is 0 Å². The fourth-order valence-corrected chi connectivity index (χ4v) is 2.93. The molecule has 0 radical (unpaired) electrons. The SMILES string of the molecule is Nc1oc2c(-c3ccncc3)ncc(-c3ccc(F)c(Cl)c3)c2c1N. The summed E-state index contributed by atoms with van der Waals surface area (Å²) in [6.45, 7) is 0. The van der Waals surface area contributed by atoms with Crippen molar-refractivity contribution in [1.82, 2.24) is 9.97 Å². The lowest BCUT2D eigenvalue weighted by molar-refractivity contribution is 0.628. The molecular formula is C18H12ClFN4O. The first-order chi connectivity index (χ1) is 12.1. The fourth-order valence-electron chi connectivity index (χ4n) is 2.75. The summed E-state index contributed by atoms with van der Waals surface area (Å²) in [5.41, 5.74) is 15.5. The zero-order valence-electron chi connectivity index (χ0n) is 12.8. The molecule has 0 saturated carbocycles. The number of anilines is 2. The highest BCUT2D eigenvalue weighted by Gasteiger charge is 2.20. The number of nitrogens with zero attached hydrogens (tertiary/aromatic N) is 2. The van der Waals surface area contributed by atoms with Crippen LogP contribution in [-0.4, -0.2) is 9.97 Å². The Kier molecular flexibility index (Phi) is 3.54. The van der Waals surface area contributed by atoms with E-state index in [4.69, 9.17) is 27.5 Å². The lowest BCUT2D eigenvalue weighted by Gasteiger charge is -2.08. The molecule has 0 saturated heterocycles. The van der Waals surface area contributed by atoms with Gasteiger partial charge < -0.3 is 15.9 Å². The first-order valence-electron chi connectivity index (χ1n) is 7.38. The molecule has 0 fully saturated rings. The van der Waals surface area contributed by atoms with Gasteiger partial charge in [0.1, 0.15) is 17.2 Å². The Balaban J connectivity index is 2.03. The van der Waals surface area contributed by atoms with E-state index < -0.39 is 5.82 Å². The van der Waals surface area contributed by atoms with E-state index in [1.807, 2.05) is 12.1 Å². The molecule has 3 aromatic heterocycles. The molecular weight excluding hydrogens is 343 g/mol. The molecule has 4 N–H and O–H groups in total. The third-order valence-electron chi connectivity index (χ3n) is 3.97. The van der Waals surface area contributed by atoms with Crippen molar-refractivity contribution < 1.29 is 8.81 Å². The van der Waals surface area contributed by atoms with Crippen molar-refractivity contribution in [2.75, 3.05) is 11.5 Å².